The predicted octanol–water partition coefficient (Wildman–Crippen LogP) is -3.44. The van der Waals surface area contributed by atoms with Gasteiger partial charge in [-0.05, 0) is 0 Å². The van der Waals surface area contributed by atoms with Gasteiger partial charge < -0.3 is 49.7 Å². The fourth-order valence-corrected chi connectivity index (χ4v) is 2.91. The highest BCUT2D eigenvalue weighted by atomic mass is 16.6. The maximum absolute atomic E-state index is 12.3. The van der Waals surface area contributed by atoms with Crippen LogP contribution in [0.3, 0.4) is 0 Å². The number of hydrogen-bond donors (Lipinski definition) is 4. The first-order valence-corrected chi connectivity index (χ1v) is 10.9. The van der Waals surface area contributed by atoms with Gasteiger partial charge in [0.15, 0.2) is 24.4 Å². The molecule has 1 aliphatic heterocycles. The Morgan fingerprint density at radius 3 is 0.824 bits per heavy atom. The van der Waals surface area contributed by atoms with E-state index < -0.39 is 48.0 Å². The Balaban J connectivity index is 2.90. The molecule has 196 valence electrons. The van der Waals surface area contributed by atoms with Crippen LogP contribution < -0.4 is 21.3 Å². The summed E-state index contributed by atoms with van der Waals surface area (Å²) in [5.41, 5.74) is 0. The molecular formula is C20H36N4O10. The third-order valence-corrected chi connectivity index (χ3v) is 4.67. The van der Waals surface area contributed by atoms with Crippen LogP contribution in [0.25, 0.3) is 0 Å². The molecule has 14 heteroatoms. The van der Waals surface area contributed by atoms with Crippen LogP contribution >= 0.6 is 0 Å². The van der Waals surface area contributed by atoms with Crippen LogP contribution in [0.2, 0.25) is 0 Å². The normalized spacial score (nSPS) is 26.2. The van der Waals surface area contributed by atoms with E-state index in [-0.39, 0.29) is 52.9 Å². The van der Waals surface area contributed by atoms with Gasteiger partial charge in [-0.2, -0.15) is 0 Å². The van der Waals surface area contributed by atoms with Crippen molar-refractivity contribution in [2.24, 2.45) is 0 Å². The van der Waals surface area contributed by atoms with Crippen LogP contribution in [0.15, 0.2) is 0 Å². The molecule has 1 rings (SSSR count). The lowest BCUT2D eigenvalue weighted by Crippen LogP contribution is -2.52. The van der Waals surface area contributed by atoms with Gasteiger partial charge in [0.1, 0.15) is 0 Å². The van der Waals surface area contributed by atoms with E-state index in [4.69, 9.17) is 28.4 Å². The maximum atomic E-state index is 12.3. The summed E-state index contributed by atoms with van der Waals surface area (Å²) >= 11 is 0. The Morgan fingerprint density at radius 2 is 0.647 bits per heavy atom. The third kappa shape index (κ3) is 9.87. The minimum Gasteiger partial charge on any atom is -0.377 e. The third-order valence-electron chi connectivity index (χ3n) is 4.67. The first-order valence-electron chi connectivity index (χ1n) is 10.9. The zero-order valence-electron chi connectivity index (χ0n) is 20.0. The van der Waals surface area contributed by atoms with Gasteiger partial charge in [0.05, 0.1) is 52.9 Å². The number of ether oxygens (including phenoxy) is 6. The largest absolute Gasteiger partial charge is 0.377 e. The van der Waals surface area contributed by atoms with Crippen LogP contribution in [0.4, 0.5) is 0 Å². The summed E-state index contributed by atoms with van der Waals surface area (Å²) in [6.07, 6.45) is -4.84. The second-order valence-corrected chi connectivity index (χ2v) is 6.85. The van der Waals surface area contributed by atoms with E-state index in [0.29, 0.717) is 0 Å². The van der Waals surface area contributed by atoms with E-state index in [2.05, 4.69) is 21.3 Å². The van der Waals surface area contributed by atoms with Gasteiger partial charge in [-0.1, -0.05) is 0 Å². The Hall–Kier alpha value is -2.36. The van der Waals surface area contributed by atoms with Crippen molar-refractivity contribution in [3.63, 3.8) is 0 Å². The number of likely N-dealkylation sites (N-methyl/N-ethyl adjacent to an activating group) is 4. The number of amides is 4. The molecule has 0 bridgehead atoms. The maximum Gasteiger partial charge on any atom is 0.252 e. The fourth-order valence-electron chi connectivity index (χ4n) is 2.91. The van der Waals surface area contributed by atoms with Crippen molar-refractivity contribution >= 4 is 23.6 Å². The quantitative estimate of drug-likeness (QED) is 0.309. The average Bonchev–Trinajstić information content (AvgIpc) is 2.86. The summed E-state index contributed by atoms with van der Waals surface area (Å²) in [6, 6.07) is 0. The Kier molecular flexibility index (Phi) is 14.9. The Morgan fingerprint density at radius 1 is 0.441 bits per heavy atom. The van der Waals surface area contributed by atoms with Crippen molar-refractivity contribution in [1.29, 1.82) is 0 Å². The number of carbonyl (C=O) groups is 4. The lowest BCUT2D eigenvalue weighted by atomic mass is 10.1. The van der Waals surface area contributed by atoms with Gasteiger partial charge in [-0.25, -0.2) is 0 Å². The standard InChI is InChI=1S/C20H36N4O10/c1-21-17(25)13-14(18(26)22-2)32-10-6-30-8-12-34-16(20(28)24-4)15(19(27)23-3)33-11-7-29-5-9-31-13/h13-16H,5-12H2,1-4H3,(H,21,25)(H,22,26)(H,23,27)(H,24,28). The van der Waals surface area contributed by atoms with Gasteiger partial charge in [0, 0.05) is 28.2 Å². The van der Waals surface area contributed by atoms with Crippen LogP contribution in [0.1, 0.15) is 0 Å². The summed E-state index contributed by atoms with van der Waals surface area (Å²) in [5, 5.41) is 9.79. The van der Waals surface area contributed by atoms with E-state index in [0.717, 1.165) is 0 Å². The summed E-state index contributed by atoms with van der Waals surface area (Å²) in [5.74, 6) is -2.13. The Bertz CT molecular complexity index is 545. The lowest BCUT2D eigenvalue weighted by Gasteiger charge is -2.26. The summed E-state index contributed by atoms with van der Waals surface area (Å²) in [6.45, 7) is 0.201. The summed E-state index contributed by atoms with van der Waals surface area (Å²) < 4.78 is 33.2. The molecule has 0 spiro atoms. The molecule has 0 aromatic carbocycles. The van der Waals surface area contributed by atoms with Crippen molar-refractivity contribution in [3.8, 4) is 0 Å². The zero-order chi connectivity index (χ0) is 25.3. The molecule has 4 atom stereocenters. The molecule has 1 heterocycles. The molecule has 0 saturated carbocycles. The van der Waals surface area contributed by atoms with E-state index in [9.17, 15) is 19.2 Å². The SMILES string of the molecule is CNC(=O)C1OCCOCCOC(C(=O)NC)C(C(=O)NC)OCCOCCOC1C(=O)NC. The fraction of sp³-hybridized carbons (Fsp3) is 0.800. The zero-order valence-corrected chi connectivity index (χ0v) is 20.0. The van der Waals surface area contributed by atoms with Crippen molar-refractivity contribution in [2.75, 3.05) is 81.0 Å². The molecule has 34 heavy (non-hydrogen) atoms. The highest BCUT2D eigenvalue weighted by molar-refractivity contribution is 5.91. The summed E-state index contributed by atoms with van der Waals surface area (Å²) in [4.78, 5) is 49.1. The smallest absolute Gasteiger partial charge is 0.252 e. The molecule has 0 radical (unpaired) electrons. The van der Waals surface area contributed by atoms with Gasteiger partial charge in [0.2, 0.25) is 0 Å². The molecule has 0 aliphatic carbocycles. The van der Waals surface area contributed by atoms with E-state index in [1.165, 1.54) is 28.2 Å². The molecule has 0 aromatic rings. The van der Waals surface area contributed by atoms with Crippen molar-refractivity contribution < 1.29 is 47.6 Å². The van der Waals surface area contributed by atoms with E-state index >= 15 is 0 Å². The van der Waals surface area contributed by atoms with Crippen LogP contribution in [-0.4, -0.2) is 129 Å². The molecule has 4 amide bonds. The number of carbonyl (C=O) groups excluding carboxylic acids is 4. The monoisotopic (exact) mass is 492 g/mol. The van der Waals surface area contributed by atoms with Crippen molar-refractivity contribution in [1.82, 2.24) is 21.3 Å². The second-order valence-electron chi connectivity index (χ2n) is 6.85. The molecule has 4 N–H and O–H groups in total. The first kappa shape index (κ1) is 29.7. The second kappa shape index (κ2) is 17.1. The van der Waals surface area contributed by atoms with Crippen LogP contribution in [0.5, 0.6) is 0 Å². The Labute approximate surface area is 198 Å². The van der Waals surface area contributed by atoms with Crippen molar-refractivity contribution in [2.45, 2.75) is 24.4 Å². The topological polar surface area (TPSA) is 172 Å². The molecule has 1 aliphatic rings. The van der Waals surface area contributed by atoms with Crippen LogP contribution in [-0.2, 0) is 47.6 Å². The highest BCUT2D eigenvalue weighted by Crippen LogP contribution is 2.09. The highest BCUT2D eigenvalue weighted by Gasteiger charge is 2.36. The van der Waals surface area contributed by atoms with Gasteiger partial charge >= 0.3 is 0 Å². The van der Waals surface area contributed by atoms with Crippen molar-refractivity contribution in [3.05, 3.63) is 0 Å². The molecule has 1 fully saturated rings. The lowest BCUT2D eigenvalue weighted by molar-refractivity contribution is -0.164. The molecule has 4 unspecified atom stereocenters. The molecular weight excluding hydrogens is 456 g/mol. The molecule has 1 saturated heterocycles. The number of nitrogens with one attached hydrogen (secondary N) is 4. The predicted molar refractivity (Wildman–Crippen MR) is 117 cm³/mol. The summed E-state index contributed by atoms with van der Waals surface area (Å²) in [7, 11) is 5.68. The van der Waals surface area contributed by atoms with Gasteiger partial charge in [0.25, 0.3) is 23.6 Å². The number of hydrogen-bond acceptors (Lipinski definition) is 10. The average molecular weight is 493 g/mol. The minimum atomic E-state index is -1.21. The number of rotatable bonds is 4. The minimum absolute atomic E-state index is 0.0196. The van der Waals surface area contributed by atoms with Gasteiger partial charge in [-0.3, -0.25) is 19.2 Å². The van der Waals surface area contributed by atoms with E-state index in [1.807, 2.05) is 0 Å². The first-order chi connectivity index (χ1) is 16.4. The van der Waals surface area contributed by atoms with E-state index in [1.54, 1.807) is 0 Å². The molecule has 0 aromatic heterocycles. The van der Waals surface area contributed by atoms with Gasteiger partial charge in [-0.15, -0.1) is 0 Å². The van der Waals surface area contributed by atoms with Crippen LogP contribution in [0, 0.1) is 0 Å². The molecule has 14 nitrogen and oxygen atoms in total.